The molecule has 0 saturated carbocycles. The zero-order valence-electron chi connectivity index (χ0n) is 13.5. The highest BCUT2D eigenvalue weighted by Gasteiger charge is 2.30. The van der Waals surface area contributed by atoms with Crippen molar-refractivity contribution in [1.82, 2.24) is 9.55 Å². The fourth-order valence-corrected chi connectivity index (χ4v) is 2.48. The van der Waals surface area contributed by atoms with E-state index in [4.69, 9.17) is 0 Å². The summed E-state index contributed by atoms with van der Waals surface area (Å²) in [5, 5.41) is 2.84. The summed E-state index contributed by atoms with van der Waals surface area (Å²) in [5.74, 6) is -0.496. The van der Waals surface area contributed by atoms with E-state index in [0.717, 1.165) is 12.1 Å². The Hall–Kier alpha value is -3.16. The van der Waals surface area contributed by atoms with Crippen LogP contribution in [0.5, 0.6) is 0 Å². The summed E-state index contributed by atoms with van der Waals surface area (Å²) in [6.07, 6.45) is -3.21. The molecule has 26 heavy (non-hydrogen) atoms. The first kappa shape index (κ1) is 17.7. The highest BCUT2D eigenvalue weighted by atomic mass is 19.4. The minimum absolute atomic E-state index is 0.0498. The average Bonchev–Trinajstić information content (AvgIpc) is 2.61. The van der Waals surface area contributed by atoms with Gasteiger partial charge in [0.2, 0.25) is 5.91 Å². The van der Waals surface area contributed by atoms with Crippen molar-refractivity contribution in [2.24, 2.45) is 0 Å². The second kappa shape index (κ2) is 6.99. The van der Waals surface area contributed by atoms with Crippen molar-refractivity contribution in [3.63, 3.8) is 0 Å². The number of nitrogens with one attached hydrogen (secondary N) is 1. The van der Waals surface area contributed by atoms with Gasteiger partial charge in [0.1, 0.15) is 0 Å². The summed E-state index contributed by atoms with van der Waals surface area (Å²) in [5.41, 5.74) is -0.510. The number of para-hydroxylation sites is 1. The predicted octanol–water partition coefficient (Wildman–Crippen LogP) is 3.44. The molecule has 0 radical (unpaired) electrons. The summed E-state index contributed by atoms with van der Waals surface area (Å²) in [7, 11) is 0. The monoisotopic (exact) mass is 361 g/mol. The number of halogens is 3. The first-order valence-corrected chi connectivity index (χ1v) is 7.76. The van der Waals surface area contributed by atoms with Crippen LogP contribution in [0.25, 0.3) is 10.9 Å². The van der Waals surface area contributed by atoms with Crippen LogP contribution in [0.1, 0.15) is 12.0 Å². The molecular weight excluding hydrogens is 347 g/mol. The maximum atomic E-state index is 12.7. The van der Waals surface area contributed by atoms with Crippen LogP contribution in [-0.4, -0.2) is 15.5 Å². The Kier molecular flexibility index (Phi) is 4.75. The van der Waals surface area contributed by atoms with Gasteiger partial charge in [0.15, 0.2) is 0 Å². The lowest BCUT2D eigenvalue weighted by molar-refractivity contribution is -0.137. The normalized spacial score (nSPS) is 11.5. The quantitative estimate of drug-likeness (QED) is 0.774. The van der Waals surface area contributed by atoms with Crippen LogP contribution >= 0.6 is 0 Å². The van der Waals surface area contributed by atoms with Crippen LogP contribution in [0.2, 0.25) is 0 Å². The Morgan fingerprint density at radius 3 is 2.65 bits per heavy atom. The van der Waals surface area contributed by atoms with E-state index in [2.05, 4.69) is 10.3 Å². The van der Waals surface area contributed by atoms with Crippen molar-refractivity contribution in [2.45, 2.75) is 19.1 Å². The Morgan fingerprint density at radius 1 is 1.12 bits per heavy atom. The highest BCUT2D eigenvalue weighted by Crippen LogP contribution is 2.30. The number of nitrogens with zero attached hydrogens (tertiary/aromatic N) is 2. The Balaban J connectivity index is 1.68. The molecule has 0 aliphatic rings. The molecule has 0 unspecified atom stereocenters. The average molecular weight is 361 g/mol. The zero-order valence-corrected chi connectivity index (χ0v) is 13.5. The molecule has 0 aliphatic heterocycles. The maximum Gasteiger partial charge on any atom is 0.416 e. The van der Waals surface area contributed by atoms with E-state index in [-0.39, 0.29) is 24.2 Å². The molecular formula is C18H14F3N3O2. The molecule has 1 amide bonds. The third-order valence-electron chi connectivity index (χ3n) is 3.78. The van der Waals surface area contributed by atoms with E-state index in [1.165, 1.54) is 23.0 Å². The lowest BCUT2D eigenvalue weighted by Gasteiger charge is -2.10. The van der Waals surface area contributed by atoms with E-state index < -0.39 is 17.6 Å². The van der Waals surface area contributed by atoms with Crippen molar-refractivity contribution in [3.05, 3.63) is 70.8 Å². The topological polar surface area (TPSA) is 64.0 Å². The number of benzene rings is 2. The van der Waals surface area contributed by atoms with E-state index in [0.29, 0.717) is 10.9 Å². The zero-order chi connectivity index (χ0) is 18.7. The number of aryl methyl sites for hydroxylation is 1. The van der Waals surface area contributed by atoms with E-state index in [1.807, 2.05) is 0 Å². The third kappa shape index (κ3) is 3.90. The largest absolute Gasteiger partial charge is 0.416 e. The summed E-state index contributed by atoms with van der Waals surface area (Å²) in [4.78, 5) is 28.5. The first-order valence-electron chi connectivity index (χ1n) is 7.76. The number of rotatable bonds is 4. The Labute approximate surface area is 146 Å². The van der Waals surface area contributed by atoms with Gasteiger partial charge in [0.05, 0.1) is 22.8 Å². The summed E-state index contributed by atoms with van der Waals surface area (Å²) in [6, 6.07) is 11.2. The van der Waals surface area contributed by atoms with Crippen molar-refractivity contribution >= 4 is 22.5 Å². The molecule has 3 aromatic rings. The second-order valence-electron chi connectivity index (χ2n) is 5.64. The van der Waals surface area contributed by atoms with Gasteiger partial charge < -0.3 is 5.32 Å². The van der Waals surface area contributed by atoms with Crippen LogP contribution in [0.15, 0.2) is 59.7 Å². The number of hydrogen-bond donors (Lipinski definition) is 1. The number of aromatic nitrogens is 2. The number of carbonyl (C=O) groups excluding carboxylic acids is 1. The molecule has 0 bridgehead atoms. The van der Waals surface area contributed by atoms with Crippen molar-refractivity contribution in [3.8, 4) is 0 Å². The van der Waals surface area contributed by atoms with Crippen LogP contribution < -0.4 is 10.9 Å². The van der Waals surface area contributed by atoms with Gasteiger partial charge in [-0.2, -0.15) is 13.2 Å². The fourth-order valence-electron chi connectivity index (χ4n) is 2.48. The standard InChI is InChI=1S/C18H14F3N3O2/c19-18(20,21)12-4-3-5-13(10-12)23-16(25)8-9-24-11-22-15-7-2-1-6-14(15)17(24)26/h1-7,10-11H,8-9H2,(H,23,25). The van der Waals surface area contributed by atoms with Gasteiger partial charge in [-0.1, -0.05) is 18.2 Å². The lowest BCUT2D eigenvalue weighted by Crippen LogP contribution is -2.23. The molecule has 8 heteroatoms. The Morgan fingerprint density at radius 2 is 1.88 bits per heavy atom. The van der Waals surface area contributed by atoms with Crippen molar-refractivity contribution < 1.29 is 18.0 Å². The van der Waals surface area contributed by atoms with Crippen LogP contribution in [0.4, 0.5) is 18.9 Å². The molecule has 0 spiro atoms. The summed E-state index contributed by atoms with van der Waals surface area (Å²) in [6.45, 7) is 0.0709. The van der Waals surface area contributed by atoms with E-state index in [9.17, 15) is 22.8 Å². The summed E-state index contributed by atoms with van der Waals surface area (Å²) >= 11 is 0. The fraction of sp³-hybridized carbons (Fsp3) is 0.167. The molecule has 3 rings (SSSR count). The van der Waals surface area contributed by atoms with Gasteiger partial charge in [-0.05, 0) is 30.3 Å². The van der Waals surface area contributed by atoms with Gasteiger partial charge in [-0.25, -0.2) is 4.98 Å². The van der Waals surface area contributed by atoms with E-state index >= 15 is 0 Å². The van der Waals surface area contributed by atoms with Crippen molar-refractivity contribution in [2.75, 3.05) is 5.32 Å². The van der Waals surface area contributed by atoms with Crippen LogP contribution in [0.3, 0.4) is 0 Å². The SMILES string of the molecule is O=C(CCn1cnc2ccccc2c1=O)Nc1cccc(C(F)(F)F)c1. The lowest BCUT2D eigenvalue weighted by atomic mass is 10.2. The van der Waals surface area contributed by atoms with Crippen LogP contribution in [0, 0.1) is 0 Å². The molecule has 0 saturated heterocycles. The minimum Gasteiger partial charge on any atom is -0.326 e. The smallest absolute Gasteiger partial charge is 0.326 e. The van der Waals surface area contributed by atoms with Gasteiger partial charge in [0.25, 0.3) is 5.56 Å². The first-order chi connectivity index (χ1) is 12.3. The molecule has 0 fully saturated rings. The van der Waals surface area contributed by atoms with Crippen LogP contribution in [-0.2, 0) is 17.5 Å². The van der Waals surface area contributed by atoms with Crippen molar-refractivity contribution in [1.29, 1.82) is 0 Å². The third-order valence-corrected chi connectivity index (χ3v) is 3.78. The Bertz CT molecular complexity index is 1010. The van der Waals surface area contributed by atoms with Gasteiger partial charge in [-0.15, -0.1) is 0 Å². The number of hydrogen-bond acceptors (Lipinski definition) is 3. The molecule has 1 N–H and O–H groups in total. The second-order valence-corrected chi connectivity index (χ2v) is 5.64. The molecule has 5 nitrogen and oxygen atoms in total. The van der Waals surface area contributed by atoms with Gasteiger partial charge >= 0.3 is 6.18 Å². The molecule has 0 atom stereocenters. The van der Waals surface area contributed by atoms with E-state index in [1.54, 1.807) is 24.3 Å². The number of carbonyl (C=O) groups is 1. The molecule has 1 aromatic heterocycles. The number of fused-ring (bicyclic) bond motifs is 1. The molecule has 1 heterocycles. The molecule has 0 aliphatic carbocycles. The minimum atomic E-state index is -4.48. The highest BCUT2D eigenvalue weighted by molar-refractivity contribution is 5.90. The number of amides is 1. The number of anilines is 1. The molecule has 2 aromatic carbocycles. The predicted molar refractivity (Wildman–Crippen MR) is 90.7 cm³/mol. The van der Waals surface area contributed by atoms with Gasteiger partial charge in [-0.3, -0.25) is 14.2 Å². The number of alkyl halides is 3. The summed E-state index contributed by atoms with van der Waals surface area (Å²) < 4.78 is 39.4. The van der Waals surface area contributed by atoms with Gasteiger partial charge in [0, 0.05) is 18.7 Å². The maximum absolute atomic E-state index is 12.7. The molecule has 134 valence electrons.